The Kier molecular flexibility index (Phi) is 1.86. The van der Waals surface area contributed by atoms with E-state index in [0.29, 0.717) is 23.6 Å². The van der Waals surface area contributed by atoms with E-state index in [9.17, 15) is 4.79 Å². The summed E-state index contributed by atoms with van der Waals surface area (Å²) in [6.07, 6.45) is 0.664. The fourth-order valence-corrected chi connectivity index (χ4v) is 2.91. The van der Waals surface area contributed by atoms with Gasteiger partial charge in [0.05, 0.1) is 11.8 Å². The van der Waals surface area contributed by atoms with E-state index in [1.165, 1.54) is 0 Å². The molecule has 0 saturated carbocycles. The van der Waals surface area contributed by atoms with Gasteiger partial charge in [-0.1, -0.05) is 5.11 Å². The van der Waals surface area contributed by atoms with Gasteiger partial charge in [-0.15, -0.1) is 11.8 Å². The van der Waals surface area contributed by atoms with Gasteiger partial charge in [0.15, 0.2) is 0 Å². The number of hydrogen-bond acceptors (Lipinski definition) is 3. The topological polar surface area (TPSA) is 69.1 Å². The average molecular weight is 184 g/mol. The minimum atomic E-state index is 0.232. The van der Waals surface area contributed by atoms with Gasteiger partial charge in [0.25, 0.3) is 0 Å². The second-order valence-electron chi connectivity index (χ2n) is 2.88. The smallest absolute Gasteiger partial charge is 0.226 e. The number of carbonyl (C=O) groups is 1. The lowest BCUT2D eigenvalue weighted by molar-refractivity contribution is -0.140. The summed E-state index contributed by atoms with van der Waals surface area (Å²) in [6, 6.07) is 0. The van der Waals surface area contributed by atoms with Crippen molar-refractivity contribution in [3.63, 3.8) is 0 Å². The summed E-state index contributed by atoms with van der Waals surface area (Å²) in [5.74, 6) is 0.232. The normalized spacial score (nSPS) is 32.3. The van der Waals surface area contributed by atoms with Crippen LogP contribution in [0.25, 0.3) is 10.4 Å². The number of thioether (sulfide) groups is 1. The van der Waals surface area contributed by atoms with E-state index in [1.807, 2.05) is 4.90 Å². The number of amides is 1. The standard InChI is InChI=1S/C6H8N4OS/c7-9-8-2-4-3-10-5(11)1-6(10)12-4/h4,6H,1-3H2/t4?,6-/m1/s1. The fraction of sp³-hybridized carbons (Fsp3) is 0.833. The predicted molar refractivity (Wildman–Crippen MR) is 45.5 cm³/mol. The molecule has 0 aromatic heterocycles. The Bertz CT molecular complexity index is 262. The Labute approximate surface area is 73.7 Å². The minimum absolute atomic E-state index is 0.232. The van der Waals surface area contributed by atoms with Crippen LogP contribution in [0.4, 0.5) is 0 Å². The Morgan fingerprint density at radius 3 is 3.25 bits per heavy atom. The molecule has 2 rings (SSSR count). The molecule has 1 unspecified atom stereocenters. The first-order valence-corrected chi connectivity index (χ1v) is 4.71. The first kappa shape index (κ1) is 7.76. The molecule has 64 valence electrons. The van der Waals surface area contributed by atoms with E-state index in [-0.39, 0.29) is 5.91 Å². The van der Waals surface area contributed by atoms with Crippen molar-refractivity contribution in [3.05, 3.63) is 10.4 Å². The molecule has 2 fully saturated rings. The number of fused-ring (bicyclic) bond motifs is 1. The summed E-state index contributed by atoms with van der Waals surface area (Å²) in [4.78, 5) is 15.5. The van der Waals surface area contributed by atoms with E-state index in [4.69, 9.17) is 5.53 Å². The molecule has 2 aliphatic heterocycles. The van der Waals surface area contributed by atoms with Crippen LogP contribution < -0.4 is 0 Å². The lowest BCUT2D eigenvalue weighted by atomic mass is 10.2. The molecule has 2 heterocycles. The monoisotopic (exact) mass is 184 g/mol. The summed E-state index contributed by atoms with van der Waals surface area (Å²) in [6.45, 7) is 1.26. The number of rotatable bonds is 2. The van der Waals surface area contributed by atoms with Gasteiger partial charge in [-0.3, -0.25) is 4.79 Å². The highest BCUT2D eigenvalue weighted by Crippen LogP contribution is 2.39. The van der Waals surface area contributed by atoms with Crippen LogP contribution in [-0.2, 0) is 4.79 Å². The Hall–Kier alpha value is -0.870. The molecule has 0 bridgehead atoms. The molecule has 0 aromatic carbocycles. The number of nitrogens with zero attached hydrogens (tertiary/aromatic N) is 4. The molecule has 0 radical (unpaired) electrons. The molecule has 2 aliphatic rings. The molecule has 5 nitrogen and oxygen atoms in total. The molecule has 0 spiro atoms. The number of carbonyl (C=O) groups excluding carboxylic acids is 1. The largest absolute Gasteiger partial charge is 0.329 e. The second kappa shape index (κ2) is 2.88. The van der Waals surface area contributed by atoms with Crippen molar-refractivity contribution in [1.82, 2.24) is 4.90 Å². The van der Waals surface area contributed by atoms with E-state index in [0.717, 1.165) is 6.54 Å². The molecule has 0 aliphatic carbocycles. The third-order valence-electron chi connectivity index (χ3n) is 2.12. The quantitative estimate of drug-likeness (QED) is 0.278. The van der Waals surface area contributed by atoms with E-state index >= 15 is 0 Å². The van der Waals surface area contributed by atoms with Crippen molar-refractivity contribution in [2.24, 2.45) is 5.11 Å². The zero-order chi connectivity index (χ0) is 8.55. The number of hydrogen-bond donors (Lipinski definition) is 0. The molecule has 0 N–H and O–H groups in total. The molecule has 6 heteroatoms. The maximum atomic E-state index is 10.9. The van der Waals surface area contributed by atoms with Crippen LogP contribution in [0.15, 0.2) is 5.11 Å². The van der Waals surface area contributed by atoms with Crippen molar-refractivity contribution in [2.75, 3.05) is 13.1 Å². The van der Waals surface area contributed by atoms with Crippen molar-refractivity contribution < 1.29 is 4.79 Å². The van der Waals surface area contributed by atoms with Gasteiger partial charge in [-0.2, -0.15) is 0 Å². The third kappa shape index (κ3) is 1.13. The summed E-state index contributed by atoms with van der Waals surface area (Å²) >= 11 is 1.74. The highest BCUT2D eigenvalue weighted by Gasteiger charge is 2.44. The predicted octanol–water partition coefficient (Wildman–Crippen LogP) is 0.971. The number of β-lactam (4-membered cyclic amide) rings is 1. The first-order chi connectivity index (χ1) is 5.81. The van der Waals surface area contributed by atoms with Gasteiger partial charge in [0.2, 0.25) is 5.91 Å². The summed E-state index contributed by atoms with van der Waals surface area (Å²) < 4.78 is 0. The minimum Gasteiger partial charge on any atom is -0.329 e. The summed E-state index contributed by atoms with van der Waals surface area (Å²) in [5.41, 5.74) is 8.09. The fourth-order valence-electron chi connectivity index (χ4n) is 1.48. The number of azide groups is 1. The third-order valence-corrected chi connectivity index (χ3v) is 3.53. The van der Waals surface area contributed by atoms with Crippen molar-refractivity contribution >= 4 is 17.7 Å². The van der Waals surface area contributed by atoms with Crippen LogP contribution in [0.2, 0.25) is 0 Å². The Morgan fingerprint density at radius 2 is 2.67 bits per heavy atom. The van der Waals surface area contributed by atoms with Gasteiger partial charge < -0.3 is 4.90 Å². The van der Waals surface area contributed by atoms with E-state index < -0.39 is 0 Å². The summed E-state index contributed by atoms with van der Waals surface area (Å²) in [7, 11) is 0. The van der Waals surface area contributed by atoms with Crippen LogP contribution >= 0.6 is 11.8 Å². The Balaban J connectivity index is 1.90. The van der Waals surface area contributed by atoms with Crippen molar-refractivity contribution in [3.8, 4) is 0 Å². The van der Waals surface area contributed by atoms with Gasteiger partial charge in [0, 0.05) is 23.3 Å². The van der Waals surface area contributed by atoms with Crippen LogP contribution in [0.1, 0.15) is 6.42 Å². The molecule has 2 saturated heterocycles. The maximum Gasteiger partial charge on any atom is 0.226 e. The van der Waals surface area contributed by atoms with Crippen molar-refractivity contribution in [2.45, 2.75) is 17.0 Å². The molecule has 0 aromatic rings. The average Bonchev–Trinajstić information content (AvgIpc) is 2.39. The van der Waals surface area contributed by atoms with Crippen LogP contribution in [0.3, 0.4) is 0 Å². The summed E-state index contributed by atoms with van der Waals surface area (Å²) in [5, 5.41) is 4.19. The zero-order valence-corrected chi connectivity index (χ0v) is 7.20. The van der Waals surface area contributed by atoms with Gasteiger partial charge in [-0.05, 0) is 5.53 Å². The zero-order valence-electron chi connectivity index (χ0n) is 6.38. The SMILES string of the molecule is [N-]=[N+]=NCC1CN2C(=O)C[C@H]2S1. The van der Waals surface area contributed by atoms with Crippen LogP contribution in [0, 0.1) is 0 Å². The van der Waals surface area contributed by atoms with Crippen LogP contribution in [0.5, 0.6) is 0 Å². The lowest BCUT2D eigenvalue weighted by Crippen LogP contribution is -2.47. The maximum absolute atomic E-state index is 10.9. The van der Waals surface area contributed by atoms with Crippen molar-refractivity contribution in [1.29, 1.82) is 0 Å². The molecular formula is C6H8N4OS. The Morgan fingerprint density at radius 1 is 1.83 bits per heavy atom. The molecular weight excluding hydrogens is 176 g/mol. The van der Waals surface area contributed by atoms with Gasteiger partial charge in [0.1, 0.15) is 0 Å². The van der Waals surface area contributed by atoms with Gasteiger partial charge >= 0.3 is 0 Å². The molecule has 2 atom stereocenters. The first-order valence-electron chi connectivity index (χ1n) is 3.77. The van der Waals surface area contributed by atoms with E-state index in [1.54, 1.807) is 11.8 Å². The second-order valence-corrected chi connectivity index (χ2v) is 4.36. The molecule has 1 amide bonds. The highest BCUT2D eigenvalue weighted by atomic mass is 32.2. The lowest BCUT2D eigenvalue weighted by Gasteiger charge is -2.32. The highest BCUT2D eigenvalue weighted by molar-refractivity contribution is 8.00. The van der Waals surface area contributed by atoms with Crippen LogP contribution in [-0.4, -0.2) is 34.5 Å². The molecule has 12 heavy (non-hydrogen) atoms. The van der Waals surface area contributed by atoms with Gasteiger partial charge in [-0.25, -0.2) is 0 Å². The van der Waals surface area contributed by atoms with E-state index in [2.05, 4.69) is 10.0 Å².